The van der Waals surface area contributed by atoms with Crippen LogP contribution in [0.2, 0.25) is 0 Å². The summed E-state index contributed by atoms with van der Waals surface area (Å²) in [6, 6.07) is 6.22. The maximum absolute atomic E-state index is 11.2. The van der Waals surface area contributed by atoms with Crippen LogP contribution < -0.4 is 0 Å². The summed E-state index contributed by atoms with van der Waals surface area (Å²) in [5.41, 5.74) is 0.588. The number of rotatable bonds is 5. The molecule has 0 fully saturated rings. The van der Waals surface area contributed by atoms with Crippen LogP contribution in [0, 0.1) is 0 Å². The van der Waals surface area contributed by atoms with Crippen LogP contribution in [0.3, 0.4) is 0 Å². The lowest BCUT2D eigenvalue weighted by Crippen LogP contribution is -2.11. The predicted octanol–water partition coefficient (Wildman–Crippen LogP) is 1.42. The number of benzene rings is 1. The van der Waals surface area contributed by atoms with Crippen molar-refractivity contribution in [3.8, 4) is 5.69 Å². The largest absolute Gasteiger partial charge is 0.478 e. The number of carboxylic acid groups (broad SMARTS) is 2. The van der Waals surface area contributed by atoms with Crippen molar-refractivity contribution in [3.63, 3.8) is 0 Å². The highest BCUT2D eigenvalue weighted by Gasteiger charge is 2.20. The van der Waals surface area contributed by atoms with Gasteiger partial charge in [0.2, 0.25) is 0 Å². The fourth-order valence-electron chi connectivity index (χ4n) is 1.87. The molecule has 0 aliphatic carbocycles. The van der Waals surface area contributed by atoms with E-state index in [2.05, 4.69) is 5.10 Å². The SMILES string of the molecule is COCc1c(C(=O)O)cnn1-c1ccccc1C(=O)O. The lowest BCUT2D eigenvalue weighted by molar-refractivity contribution is 0.0684. The number of ether oxygens (including phenoxy) is 1. The van der Waals surface area contributed by atoms with Gasteiger partial charge in [-0.25, -0.2) is 14.3 Å². The zero-order valence-electron chi connectivity index (χ0n) is 10.6. The van der Waals surface area contributed by atoms with Crippen LogP contribution in [0.1, 0.15) is 26.4 Å². The second-order valence-electron chi connectivity index (χ2n) is 3.98. The summed E-state index contributed by atoms with van der Waals surface area (Å²) in [7, 11) is 1.42. The van der Waals surface area contributed by atoms with E-state index in [9.17, 15) is 14.7 Å². The van der Waals surface area contributed by atoms with Gasteiger partial charge in [0.25, 0.3) is 0 Å². The average molecular weight is 276 g/mol. The molecule has 0 atom stereocenters. The maximum Gasteiger partial charge on any atom is 0.339 e. The Morgan fingerprint density at radius 1 is 1.20 bits per heavy atom. The van der Waals surface area contributed by atoms with Gasteiger partial charge in [-0.2, -0.15) is 5.10 Å². The minimum atomic E-state index is -1.14. The van der Waals surface area contributed by atoms with Gasteiger partial charge in [-0.1, -0.05) is 12.1 Å². The minimum Gasteiger partial charge on any atom is -0.478 e. The van der Waals surface area contributed by atoms with Gasteiger partial charge < -0.3 is 14.9 Å². The van der Waals surface area contributed by atoms with Crippen molar-refractivity contribution >= 4 is 11.9 Å². The lowest BCUT2D eigenvalue weighted by atomic mass is 10.1. The molecule has 0 saturated heterocycles. The van der Waals surface area contributed by atoms with Crippen molar-refractivity contribution < 1.29 is 24.5 Å². The zero-order chi connectivity index (χ0) is 14.7. The van der Waals surface area contributed by atoms with Crippen LogP contribution in [-0.2, 0) is 11.3 Å². The van der Waals surface area contributed by atoms with E-state index >= 15 is 0 Å². The number of carboxylic acids is 2. The molecule has 7 nitrogen and oxygen atoms in total. The summed E-state index contributed by atoms with van der Waals surface area (Å²) < 4.78 is 6.24. The molecule has 104 valence electrons. The van der Waals surface area contributed by atoms with Crippen molar-refractivity contribution in [2.75, 3.05) is 7.11 Å². The second-order valence-corrected chi connectivity index (χ2v) is 3.98. The molecule has 0 spiro atoms. The molecule has 2 N–H and O–H groups in total. The molecule has 1 heterocycles. The molecule has 0 radical (unpaired) electrons. The molecule has 20 heavy (non-hydrogen) atoms. The van der Waals surface area contributed by atoms with Crippen LogP contribution in [0.5, 0.6) is 0 Å². The normalized spacial score (nSPS) is 10.4. The maximum atomic E-state index is 11.2. The van der Waals surface area contributed by atoms with Gasteiger partial charge in [-0.15, -0.1) is 0 Å². The van der Waals surface area contributed by atoms with Crippen LogP contribution >= 0.6 is 0 Å². The molecule has 7 heteroatoms. The number of aromatic carboxylic acids is 2. The monoisotopic (exact) mass is 276 g/mol. The molecule has 2 rings (SSSR count). The van der Waals surface area contributed by atoms with E-state index in [0.717, 1.165) is 0 Å². The van der Waals surface area contributed by atoms with Gasteiger partial charge in [-0.05, 0) is 12.1 Å². The number of aromatic nitrogens is 2. The number of hydrogen-bond donors (Lipinski definition) is 2. The quantitative estimate of drug-likeness (QED) is 0.856. The molecule has 1 aromatic heterocycles. The Morgan fingerprint density at radius 2 is 1.85 bits per heavy atom. The highest BCUT2D eigenvalue weighted by molar-refractivity contribution is 5.92. The fourth-order valence-corrected chi connectivity index (χ4v) is 1.87. The van der Waals surface area contributed by atoms with E-state index in [1.54, 1.807) is 18.2 Å². The van der Waals surface area contributed by atoms with E-state index in [1.807, 2.05) is 0 Å². The van der Waals surface area contributed by atoms with Gasteiger partial charge in [0.05, 0.1) is 29.7 Å². The first-order valence-corrected chi connectivity index (χ1v) is 5.68. The summed E-state index contributed by atoms with van der Waals surface area (Å²) in [6.07, 6.45) is 1.18. The standard InChI is InChI=1S/C13H12N2O5/c1-20-7-11-9(13(18)19)6-14-15(11)10-5-3-2-4-8(10)12(16)17/h2-6H,7H2,1H3,(H,16,17)(H,18,19). The highest BCUT2D eigenvalue weighted by Crippen LogP contribution is 2.19. The van der Waals surface area contributed by atoms with Gasteiger partial charge in [-0.3, -0.25) is 0 Å². The molecule has 1 aromatic carbocycles. The third-order valence-corrected chi connectivity index (χ3v) is 2.74. The summed E-state index contributed by atoms with van der Waals surface area (Å²) in [4.78, 5) is 22.4. The zero-order valence-corrected chi connectivity index (χ0v) is 10.6. The first-order valence-electron chi connectivity index (χ1n) is 5.68. The molecule has 0 aliphatic heterocycles. The molecule has 0 aliphatic rings. The lowest BCUT2D eigenvalue weighted by Gasteiger charge is -2.10. The first kappa shape index (κ1) is 13.8. The molecule has 0 saturated carbocycles. The Morgan fingerprint density at radius 3 is 2.45 bits per heavy atom. The molecular weight excluding hydrogens is 264 g/mol. The van der Waals surface area contributed by atoms with Crippen molar-refractivity contribution in [2.45, 2.75) is 6.61 Å². The smallest absolute Gasteiger partial charge is 0.339 e. The van der Waals surface area contributed by atoms with Gasteiger partial charge >= 0.3 is 11.9 Å². The highest BCUT2D eigenvalue weighted by atomic mass is 16.5. The number of carbonyl (C=O) groups is 2. The summed E-state index contributed by atoms with van der Waals surface area (Å²) in [6.45, 7) is 0.00951. The van der Waals surface area contributed by atoms with Crippen molar-refractivity contribution in [1.29, 1.82) is 0 Å². The molecule has 0 unspecified atom stereocenters. The third-order valence-electron chi connectivity index (χ3n) is 2.74. The molecular formula is C13H12N2O5. The van der Waals surface area contributed by atoms with Gasteiger partial charge in [0.15, 0.2) is 0 Å². The second kappa shape index (κ2) is 5.54. The Kier molecular flexibility index (Phi) is 3.81. The molecule has 2 aromatic rings. The fraction of sp³-hybridized carbons (Fsp3) is 0.154. The Balaban J connectivity index is 2.64. The van der Waals surface area contributed by atoms with Crippen LogP contribution in [-0.4, -0.2) is 39.0 Å². The third kappa shape index (κ3) is 2.39. The van der Waals surface area contributed by atoms with Crippen molar-refractivity contribution in [2.24, 2.45) is 0 Å². The molecule has 0 amide bonds. The first-order chi connectivity index (χ1) is 9.56. The summed E-state index contributed by atoms with van der Waals surface area (Å²) >= 11 is 0. The van der Waals surface area contributed by atoms with Gasteiger partial charge in [0.1, 0.15) is 5.56 Å². The van der Waals surface area contributed by atoms with E-state index in [1.165, 1.54) is 24.1 Å². The van der Waals surface area contributed by atoms with E-state index in [4.69, 9.17) is 9.84 Å². The topological polar surface area (TPSA) is 102 Å². The van der Waals surface area contributed by atoms with Crippen molar-refractivity contribution in [3.05, 3.63) is 47.3 Å². The van der Waals surface area contributed by atoms with E-state index in [-0.39, 0.29) is 23.4 Å². The minimum absolute atomic E-state index is 0.00951. The Hall–Kier alpha value is -2.67. The number of hydrogen-bond acceptors (Lipinski definition) is 4. The number of nitrogens with zero attached hydrogens (tertiary/aromatic N) is 2. The number of para-hydroxylation sites is 1. The Bertz CT molecular complexity index is 663. The van der Waals surface area contributed by atoms with Crippen LogP contribution in [0.15, 0.2) is 30.5 Å². The van der Waals surface area contributed by atoms with Crippen LogP contribution in [0.25, 0.3) is 5.69 Å². The summed E-state index contributed by atoms with van der Waals surface area (Å²) in [5.74, 6) is -2.26. The van der Waals surface area contributed by atoms with E-state index < -0.39 is 11.9 Å². The van der Waals surface area contributed by atoms with E-state index in [0.29, 0.717) is 5.69 Å². The van der Waals surface area contributed by atoms with Gasteiger partial charge in [0, 0.05) is 7.11 Å². The molecule has 0 bridgehead atoms. The Labute approximate surface area is 114 Å². The van der Waals surface area contributed by atoms with Crippen molar-refractivity contribution in [1.82, 2.24) is 9.78 Å². The summed E-state index contributed by atoms with van der Waals surface area (Å²) in [5, 5.41) is 22.2. The predicted molar refractivity (Wildman–Crippen MR) is 68.2 cm³/mol. The average Bonchev–Trinajstić information content (AvgIpc) is 2.83. The number of methoxy groups -OCH3 is 1. The van der Waals surface area contributed by atoms with Crippen LogP contribution in [0.4, 0.5) is 0 Å².